The molecular weight excluding hydrogens is 334 g/mol. The Morgan fingerprint density at radius 2 is 1.95 bits per heavy atom. The molecule has 0 aliphatic carbocycles. The number of nitrogens with one attached hydrogen (secondary N) is 1. The predicted molar refractivity (Wildman–Crippen MR) is 89.2 cm³/mol. The van der Waals surface area contributed by atoms with Crippen molar-refractivity contribution in [3.63, 3.8) is 0 Å². The standard InChI is InChI=1S/C16H26BrNO3/c1-5-20-15-9-13(10-18-4)8-14(17)16(15)21-7-6-19-11-12(2)3/h8-9,12,18H,5-7,10-11H2,1-4H3. The quantitative estimate of drug-likeness (QED) is 0.647. The van der Waals surface area contributed by atoms with E-state index in [4.69, 9.17) is 14.2 Å². The fraction of sp³-hybridized carbons (Fsp3) is 0.625. The first-order valence-corrected chi connectivity index (χ1v) is 8.18. The van der Waals surface area contributed by atoms with Crippen molar-refractivity contribution in [1.82, 2.24) is 5.32 Å². The largest absolute Gasteiger partial charge is 0.490 e. The lowest BCUT2D eigenvalue weighted by Gasteiger charge is -2.16. The van der Waals surface area contributed by atoms with Crippen LogP contribution in [0, 0.1) is 5.92 Å². The number of benzene rings is 1. The van der Waals surface area contributed by atoms with Gasteiger partial charge in [0, 0.05) is 13.2 Å². The van der Waals surface area contributed by atoms with Crippen molar-refractivity contribution in [3.8, 4) is 11.5 Å². The molecule has 0 amide bonds. The highest BCUT2D eigenvalue weighted by Crippen LogP contribution is 2.36. The topological polar surface area (TPSA) is 39.7 Å². The van der Waals surface area contributed by atoms with Crippen LogP contribution in [-0.2, 0) is 11.3 Å². The van der Waals surface area contributed by atoms with Gasteiger partial charge >= 0.3 is 0 Å². The van der Waals surface area contributed by atoms with E-state index >= 15 is 0 Å². The number of halogens is 1. The maximum absolute atomic E-state index is 5.82. The maximum Gasteiger partial charge on any atom is 0.175 e. The molecule has 1 N–H and O–H groups in total. The second-order valence-electron chi connectivity index (χ2n) is 5.19. The zero-order valence-corrected chi connectivity index (χ0v) is 15.0. The van der Waals surface area contributed by atoms with Crippen LogP contribution < -0.4 is 14.8 Å². The van der Waals surface area contributed by atoms with E-state index in [1.165, 1.54) is 0 Å². The molecule has 1 aromatic rings. The van der Waals surface area contributed by atoms with Gasteiger partial charge in [-0.15, -0.1) is 0 Å². The van der Waals surface area contributed by atoms with E-state index < -0.39 is 0 Å². The lowest BCUT2D eigenvalue weighted by molar-refractivity contribution is 0.0806. The Morgan fingerprint density at radius 3 is 2.57 bits per heavy atom. The van der Waals surface area contributed by atoms with E-state index in [-0.39, 0.29) is 0 Å². The predicted octanol–water partition coefficient (Wildman–Crippen LogP) is 3.62. The van der Waals surface area contributed by atoms with Gasteiger partial charge in [-0.25, -0.2) is 0 Å². The summed E-state index contributed by atoms with van der Waals surface area (Å²) in [6.45, 7) is 9.46. The van der Waals surface area contributed by atoms with E-state index in [0.717, 1.165) is 34.7 Å². The Hall–Kier alpha value is -0.780. The molecule has 4 nitrogen and oxygen atoms in total. The average Bonchev–Trinajstić information content (AvgIpc) is 2.41. The number of hydrogen-bond donors (Lipinski definition) is 1. The van der Waals surface area contributed by atoms with Crippen LogP contribution in [0.3, 0.4) is 0 Å². The molecule has 0 aliphatic rings. The maximum atomic E-state index is 5.82. The third-order valence-electron chi connectivity index (χ3n) is 2.68. The SMILES string of the molecule is CCOc1cc(CNC)cc(Br)c1OCCOCC(C)C. The van der Waals surface area contributed by atoms with Gasteiger partial charge in [-0.3, -0.25) is 0 Å². The fourth-order valence-corrected chi connectivity index (χ4v) is 2.46. The van der Waals surface area contributed by atoms with Crippen molar-refractivity contribution < 1.29 is 14.2 Å². The number of ether oxygens (including phenoxy) is 3. The molecule has 0 fully saturated rings. The smallest absolute Gasteiger partial charge is 0.175 e. The molecule has 0 heterocycles. The second-order valence-corrected chi connectivity index (χ2v) is 6.04. The Kier molecular flexibility index (Phi) is 8.73. The van der Waals surface area contributed by atoms with Gasteiger partial charge in [-0.1, -0.05) is 13.8 Å². The van der Waals surface area contributed by atoms with Crippen molar-refractivity contribution in [2.75, 3.05) is 33.5 Å². The highest BCUT2D eigenvalue weighted by molar-refractivity contribution is 9.10. The van der Waals surface area contributed by atoms with Gasteiger partial charge in [0.15, 0.2) is 11.5 Å². The molecule has 0 bridgehead atoms. The average molecular weight is 360 g/mol. The summed E-state index contributed by atoms with van der Waals surface area (Å²) in [4.78, 5) is 0. The minimum atomic E-state index is 0.511. The van der Waals surface area contributed by atoms with E-state index in [0.29, 0.717) is 25.7 Å². The molecule has 0 aliphatic heterocycles. The Labute approximate surface area is 136 Å². The van der Waals surface area contributed by atoms with Gasteiger partial charge in [-0.05, 0) is 53.5 Å². The summed E-state index contributed by atoms with van der Waals surface area (Å²) >= 11 is 3.56. The molecule has 1 rings (SSSR count). The lowest BCUT2D eigenvalue weighted by atomic mass is 10.2. The number of rotatable bonds is 10. The molecule has 0 aromatic heterocycles. The highest BCUT2D eigenvalue weighted by Gasteiger charge is 2.12. The van der Waals surface area contributed by atoms with Gasteiger partial charge in [-0.2, -0.15) is 0 Å². The van der Waals surface area contributed by atoms with Crippen LogP contribution in [0.5, 0.6) is 11.5 Å². The first kappa shape index (κ1) is 18.3. The van der Waals surface area contributed by atoms with Gasteiger partial charge in [0.25, 0.3) is 0 Å². The summed E-state index contributed by atoms with van der Waals surface area (Å²) in [7, 11) is 1.92. The van der Waals surface area contributed by atoms with E-state index in [9.17, 15) is 0 Å². The zero-order valence-electron chi connectivity index (χ0n) is 13.4. The minimum absolute atomic E-state index is 0.511. The summed E-state index contributed by atoms with van der Waals surface area (Å²) in [6, 6.07) is 4.05. The van der Waals surface area contributed by atoms with Crippen molar-refractivity contribution in [2.24, 2.45) is 5.92 Å². The lowest BCUT2D eigenvalue weighted by Crippen LogP contribution is -2.11. The molecule has 21 heavy (non-hydrogen) atoms. The Balaban J connectivity index is 2.66. The summed E-state index contributed by atoms with van der Waals surface area (Å²) in [5, 5.41) is 3.13. The molecule has 1 aromatic carbocycles. The molecule has 0 radical (unpaired) electrons. The summed E-state index contributed by atoms with van der Waals surface area (Å²) in [5.41, 5.74) is 1.15. The molecule has 0 saturated carbocycles. The molecule has 0 spiro atoms. The van der Waals surface area contributed by atoms with Crippen LogP contribution in [0.2, 0.25) is 0 Å². The van der Waals surface area contributed by atoms with Gasteiger partial charge < -0.3 is 19.5 Å². The van der Waals surface area contributed by atoms with E-state index in [1.807, 2.05) is 26.1 Å². The Bertz CT molecular complexity index is 424. The first-order chi connectivity index (χ1) is 10.1. The number of hydrogen-bond acceptors (Lipinski definition) is 4. The van der Waals surface area contributed by atoms with E-state index in [1.54, 1.807) is 0 Å². The highest BCUT2D eigenvalue weighted by atomic mass is 79.9. The first-order valence-electron chi connectivity index (χ1n) is 7.38. The van der Waals surface area contributed by atoms with E-state index in [2.05, 4.69) is 35.1 Å². The van der Waals surface area contributed by atoms with Crippen molar-refractivity contribution >= 4 is 15.9 Å². The molecule has 120 valence electrons. The normalized spacial score (nSPS) is 11.0. The third-order valence-corrected chi connectivity index (χ3v) is 3.26. The van der Waals surface area contributed by atoms with Crippen LogP contribution in [-0.4, -0.2) is 33.5 Å². The Morgan fingerprint density at radius 1 is 1.19 bits per heavy atom. The molecule has 0 atom stereocenters. The second kappa shape index (κ2) is 10.0. The van der Waals surface area contributed by atoms with Crippen molar-refractivity contribution in [3.05, 3.63) is 22.2 Å². The van der Waals surface area contributed by atoms with Crippen LogP contribution in [0.15, 0.2) is 16.6 Å². The molecule has 0 saturated heterocycles. The van der Waals surface area contributed by atoms with Crippen LogP contribution in [0.25, 0.3) is 0 Å². The van der Waals surface area contributed by atoms with Crippen LogP contribution >= 0.6 is 15.9 Å². The molecule has 5 heteroatoms. The third kappa shape index (κ3) is 6.68. The molecule has 0 unspecified atom stereocenters. The monoisotopic (exact) mass is 359 g/mol. The summed E-state index contributed by atoms with van der Waals surface area (Å²) < 4.78 is 17.9. The van der Waals surface area contributed by atoms with Crippen molar-refractivity contribution in [2.45, 2.75) is 27.3 Å². The van der Waals surface area contributed by atoms with Crippen LogP contribution in [0.4, 0.5) is 0 Å². The van der Waals surface area contributed by atoms with Gasteiger partial charge in [0.1, 0.15) is 6.61 Å². The van der Waals surface area contributed by atoms with Gasteiger partial charge in [0.2, 0.25) is 0 Å². The van der Waals surface area contributed by atoms with Crippen molar-refractivity contribution in [1.29, 1.82) is 0 Å². The summed E-state index contributed by atoms with van der Waals surface area (Å²) in [5.74, 6) is 2.04. The minimum Gasteiger partial charge on any atom is -0.490 e. The van der Waals surface area contributed by atoms with Crippen LogP contribution in [0.1, 0.15) is 26.3 Å². The summed E-state index contributed by atoms with van der Waals surface area (Å²) in [6.07, 6.45) is 0. The zero-order chi connectivity index (χ0) is 15.7. The molecular formula is C16H26BrNO3. The fourth-order valence-electron chi connectivity index (χ4n) is 1.85. The van der Waals surface area contributed by atoms with Gasteiger partial charge in [0.05, 0.1) is 17.7 Å².